The normalized spacial score (nSPS) is 11.2. The summed E-state index contributed by atoms with van der Waals surface area (Å²) in [5.41, 5.74) is 0.784. The molecule has 0 atom stereocenters. The second kappa shape index (κ2) is 9.22. The number of alkyl halides is 1. The lowest BCUT2D eigenvalue weighted by Gasteiger charge is -2.11. The van der Waals surface area contributed by atoms with Gasteiger partial charge < -0.3 is 10.6 Å². The van der Waals surface area contributed by atoms with E-state index in [1.165, 1.54) is 11.8 Å². The molecule has 0 fully saturated rings. The lowest BCUT2D eigenvalue weighted by Crippen LogP contribution is -2.27. The van der Waals surface area contributed by atoms with Crippen LogP contribution < -0.4 is 10.6 Å². The van der Waals surface area contributed by atoms with Gasteiger partial charge in [0.1, 0.15) is 5.82 Å². The Hall–Kier alpha value is -1.35. The molecule has 0 aliphatic rings. The van der Waals surface area contributed by atoms with E-state index in [0.29, 0.717) is 24.7 Å². The quantitative estimate of drug-likeness (QED) is 0.372. The predicted octanol–water partition coefficient (Wildman–Crippen LogP) is 2.66. The van der Waals surface area contributed by atoms with Gasteiger partial charge in [0, 0.05) is 24.3 Å². The summed E-state index contributed by atoms with van der Waals surface area (Å²) in [6.45, 7) is 5.25. The number of anilines is 1. The molecule has 0 unspecified atom stereocenters. The van der Waals surface area contributed by atoms with E-state index in [0.717, 1.165) is 28.6 Å². The maximum atomic E-state index is 11.7. The second-order valence-electron chi connectivity index (χ2n) is 5.61. The average molecular weight is 415 g/mol. The van der Waals surface area contributed by atoms with Crippen molar-refractivity contribution in [2.45, 2.75) is 44.4 Å². The fraction of sp³-hybridized carbons (Fsp3) is 0.600. The molecule has 2 rings (SSSR count). The summed E-state index contributed by atoms with van der Waals surface area (Å²) in [6, 6.07) is 0.273. The van der Waals surface area contributed by atoms with Crippen LogP contribution in [0.3, 0.4) is 0 Å². The number of carbonyl (C=O) groups is 1. The van der Waals surface area contributed by atoms with Gasteiger partial charge in [-0.3, -0.25) is 4.79 Å². The molecule has 24 heavy (non-hydrogen) atoms. The zero-order valence-corrected chi connectivity index (χ0v) is 16.6. The molecule has 0 saturated heterocycles. The van der Waals surface area contributed by atoms with Crippen molar-refractivity contribution in [2.24, 2.45) is 0 Å². The summed E-state index contributed by atoms with van der Waals surface area (Å²) in [6.07, 6.45) is 5.10. The maximum Gasteiger partial charge on any atom is 0.220 e. The van der Waals surface area contributed by atoms with E-state index in [-0.39, 0.29) is 11.9 Å². The number of carbonyl (C=O) groups excluding carboxylic acids is 1. The minimum atomic E-state index is 0.0625. The van der Waals surface area contributed by atoms with Crippen molar-refractivity contribution >= 4 is 50.5 Å². The third kappa shape index (κ3) is 5.07. The average Bonchev–Trinajstić information content (AvgIpc) is 2.95. The molecule has 0 aromatic carbocycles. The smallest absolute Gasteiger partial charge is 0.220 e. The number of aromatic nitrogens is 4. The van der Waals surface area contributed by atoms with Gasteiger partial charge in [0.05, 0.1) is 18.1 Å². The molecule has 0 spiro atoms. The van der Waals surface area contributed by atoms with Crippen molar-refractivity contribution in [3.63, 3.8) is 0 Å². The van der Waals surface area contributed by atoms with E-state index in [4.69, 9.17) is 0 Å². The molecule has 9 heteroatoms. The molecule has 0 aliphatic carbocycles. The van der Waals surface area contributed by atoms with Crippen molar-refractivity contribution in [3.8, 4) is 0 Å². The van der Waals surface area contributed by atoms with Crippen LogP contribution in [0, 0.1) is 0 Å². The van der Waals surface area contributed by atoms with Gasteiger partial charge in [-0.2, -0.15) is 5.10 Å². The van der Waals surface area contributed by atoms with Gasteiger partial charge >= 0.3 is 0 Å². The summed E-state index contributed by atoms with van der Waals surface area (Å²) in [7, 11) is 0. The molecular weight excluding hydrogens is 392 g/mol. The Morgan fingerprint density at radius 1 is 1.42 bits per heavy atom. The van der Waals surface area contributed by atoms with Crippen molar-refractivity contribution in [2.75, 3.05) is 23.4 Å². The van der Waals surface area contributed by atoms with Crippen LogP contribution >= 0.6 is 27.7 Å². The molecule has 132 valence electrons. The zero-order chi connectivity index (χ0) is 17.5. The Balaban J connectivity index is 2.12. The highest BCUT2D eigenvalue weighted by Crippen LogP contribution is 2.23. The van der Waals surface area contributed by atoms with Crippen LogP contribution in [0.4, 0.5) is 5.82 Å². The van der Waals surface area contributed by atoms with Gasteiger partial charge in [-0.15, -0.1) is 0 Å². The van der Waals surface area contributed by atoms with Crippen LogP contribution in [0.25, 0.3) is 11.0 Å². The van der Waals surface area contributed by atoms with Gasteiger partial charge in [0.25, 0.3) is 0 Å². The Kier molecular flexibility index (Phi) is 7.29. The van der Waals surface area contributed by atoms with Crippen LogP contribution in [0.1, 0.15) is 26.7 Å². The van der Waals surface area contributed by atoms with E-state index in [1.807, 2.05) is 10.9 Å². The number of hydrogen-bond donors (Lipinski definition) is 2. The molecule has 2 aromatic rings. The first-order valence-corrected chi connectivity index (χ1v) is 10.3. The number of rotatable bonds is 9. The summed E-state index contributed by atoms with van der Waals surface area (Å²) in [4.78, 5) is 20.8. The highest BCUT2D eigenvalue weighted by Gasteiger charge is 2.13. The Morgan fingerprint density at radius 3 is 2.88 bits per heavy atom. The SMILES string of the molecule is CSc1nc(NC(C)C)c2cnn(CCNC(=O)CCCBr)c2n1. The number of hydrogen-bond acceptors (Lipinski definition) is 6. The molecule has 0 radical (unpaired) electrons. The van der Waals surface area contributed by atoms with Gasteiger partial charge in [0.15, 0.2) is 10.8 Å². The number of halogens is 1. The van der Waals surface area contributed by atoms with E-state index < -0.39 is 0 Å². The lowest BCUT2D eigenvalue weighted by atomic mass is 10.3. The Bertz CT molecular complexity index is 690. The fourth-order valence-corrected chi connectivity index (χ4v) is 2.83. The zero-order valence-electron chi connectivity index (χ0n) is 14.2. The first-order valence-electron chi connectivity index (χ1n) is 7.92. The molecule has 2 heterocycles. The topological polar surface area (TPSA) is 84.7 Å². The molecule has 0 aliphatic heterocycles. The fourth-order valence-electron chi connectivity index (χ4n) is 2.19. The predicted molar refractivity (Wildman–Crippen MR) is 102 cm³/mol. The first kappa shape index (κ1) is 19.0. The minimum absolute atomic E-state index is 0.0625. The van der Waals surface area contributed by atoms with Gasteiger partial charge in [-0.25, -0.2) is 14.6 Å². The largest absolute Gasteiger partial charge is 0.367 e. The number of thioether (sulfide) groups is 1. The van der Waals surface area contributed by atoms with Crippen LogP contribution in [0.15, 0.2) is 11.4 Å². The molecular formula is C15H23BrN6OS. The molecule has 2 N–H and O–H groups in total. The van der Waals surface area contributed by atoms with E-state index in [2.05, 4.69) is 55.5 Å². The molecule has 7 nitrogen and oxygen atoms in total. The first-order chi connectivity index (χ1) is 11.5. The van der Waals surface area contributed by atoms with Crippen LogP contribution in [0.2, 0.25) is 0 Å². The highest BCUT2D eigenvalue weighted by molar-refractivity contribution is 9.09. The van der Waals surface area contributed by atoms with Gasteiger partial charge in [-0.1, -0.05) is 27.7 Å². The van der Waals surface area contributed by atoms with Crippen molar-refractivity contribution in [3.05, 3.63) is 6.20 Å². The standard InChI is InChI=1S/C15H23BrN6OS/c1-10(2)19-13-11-9-18-22(14(11)21-15(20-13)24-3)8-7-17-12(23)5-4-6-16/h9-10H,4-8H2,1-3H3,(H,17,23)(H,19,20,21). The Labute approximate surface area is 154 Å². The van der Waals surface area contributed by atoms with Gasteiger partial charge in [0.2, 0.25) is 5.91 Å². The van der Waals surface area contributed by atoms with E-state index in [9.17, 15) is 4.79 Å². The van der Waals surface area contributed by atoms with Crippen molar-refractivity contribution in [1.82, 2.24) is 25.1 Å². The number of amides is 1. The number of nitrogens with zero attached hydrogens (tertiary/aromatic N) is 4. The van der Waals surface area contributed by atoms with Crippen molar-refractivity contribution < 1.29 is 4.79 Å². The third-order valence-electron chi connectivity index (χ3n) is 3.27. The van der Waals surface area contributed by atoms with Crippen molar-refractivity contribution in [1.29, 1.82) is 0 Å². The summed E-state index contributed by atoms with van der Waals surface area (Å²) in [5, 5.41) is 13.1. The van der Waals surface area contributed by atoms with Crippen LogP contribution in [-0.4, -0.2) is 49.8 Å². The number of fused-ring (bicyclic) bond motifs is 1. The van der Waals surface area contributed by atoms with Crippen LogP contribution in [-0.2, 0) is 11.3 Å². The minimum Gasteiger partial charge on any atom is -0.367 e. The van der Waals surface area contributed by atoms with Crippen LogP contribution in [0.5, 0.6) is 0 Å². The molecule has 1 amide bonds. The highest BCUT2D eigenvalue weighted by atomic mass is 79.9. The molecule has 0 saturated carbocycles. The lowest BCUT2D eigenvalue weighted by molar-refractivity contribution is -0.121. The third-order valence-corrected chi connectivity index (χ3v) is 4.38. The van der Waals surface area contributed by atoms with Gasteiger partial charge in [-0.05, 0) is 26.5 Å². The maximum absolute atomic E-state index is 11.7. The number of nitrogens with one attached hydrogen (secondary N) is 2. The summed E-state index contributed by atoms with van der Waals surface area (Å²) >= 11 is 4.82. The summed E-state index contributed by atoms with van der Waals surface area (Å²) < 4.78 is 1.81. The Morgan fingerprint density at radius 2 is 2.21 bits per heavy atom. The monoisotopic (exact) mass is 414 g/mol. The molecule has 2 aromatic heterocycles. The van der Waals surface area contributed by atoms with E-state index in [1.54, 1.807) is 6.20 Å². The van der Waals surface area contributed by atoms with E-state index >= 15 is 0 Å². The molecule has 0 bridgehead atoms. The second-order valence-corrected chi connectivity index (χ2v) is 7.17. The summed E-state index contributed by atoms with van der Waals surface area (Å²) in [5.74, 6) is 0.861.